The zero-order chi connectivity index (χ0) is 27.1. The molecule has 0 bridgehead atoms. The van der Waals surface area contributed by atoms with Gasteiger partial charge in [0.15, 0.2) is 0 Å². The van der Waals surface area contributed by atoms with Crippen molar-refractivity contribution >= 4 is 22.0 Å². The van der Waals surface area contributed by atoms with Gasteiger partial charge in [-0.1, -0.05) is 44.2 Å². The Kier molecular flexibility index (Phi) is 8.73. The lowest BCUT2D eigenvalue weighted by atomic mass is 10.1. The van der Waals surface area contributed by atoms with Gasteiger partial charge in [0.05, 0.1) is 16.7 Å². The topological polar surface area (TPSA) is 117 Å². The fourth-order valence-corrected chi connectivity index (χ4v) is 5.86. The minimum atomic E-state index is -3.69. The Morgan fingerprint density at radius 3 is 2.63 bits per heavy atom. The van der Waals surface area contributed by atoms with Crippen molar-refractivity contribution in [2.45, 2.75) is 37.7 Å². The zero-order valence-corrected chi connectivity index (χ0v) is 22.3. The van der Waals surface area contributed by atoms with E-state index in [1.807, 2.05) is 36.4 Å². The number of ether oxygens (including phenoxy) is 1. The van der Waals surface area contributed by atoms with E-state index in [1.54, 1.807) is 49.0 Å². The second-order valence-corrected chi connectivity index (χ2v) is 10.8. The van der Waals surface area contributed by atoms with Crippen molar-refractivity contribution in [3.63, 3.8) is 0 Å². The van der Waals surface area contributed by atoms with Gasteiger partial charge in [-0.05, 0) is 43.2 Å². The van der Waals surface area contributed by atoms with Crippen molar-refractivity contribution < 1.29 is 17.9 Å². The number of hydrogen-bond donors (Lipinski definition) is 1. The van der Waals surface area contributed by atoms with Crippen LogP contribution >= 0.6 is 0 Å². The summed E-state index contributed by atoms with van der Waals surface area (Å²) in [6.07, 6.45) is 4.98. The second kappa shape index (κ2) is 12.2. The summed E-state index contributed by atoms with van der Waals surface area (Å²) in [5, 5.41) is 17.3. The van der Waals surface area contributed by atoms with Crippen LogP contribution in [-0.2, 0) is 19.6 Å². The molecule has 10 heteroatoms. The zero-order valence-electron chi connectivity index (χ0n) is 21.5. The van der Waals surface area contributed by atoms with Crippen LogP contribution in [0.3, 0.4) is 0 Å². The smallest absolute Gasteiger partial charge is 0.262 e. The van der Waals surface area contributed by atoms with Gasteiger partial charge < -0.3 is 10.1 Å². The van der Waals surface area contributed by atoms with Crippen molar-refractivity contribution in [2.24, 2.45) is 0 Å². The lowest BCUT2D eigenvalue weighted by Crippen LogP contribution is -2.32. The van der Waals surface area contributed by atoms with E-state index in [1.165, 1.54) is 10.4 Å². The minimum Gasteiger partial charge on any atom is -0.376 e. The normalized spacial score (nSPS) is 15.9. The van der Waals surface area contributed by atoms with Crippen LogP contribution in [0.25, 0.3) is 23.0 Å². The summed E-state index contributed by atoms with van der Waals surface area (Å²) in [7, 11) is -3.69. The number of sulfonamides is 1. The standard InChI is InChI=1S/C28H31N5O4S/c1-3-32(4-2)38(35,36)26-14-8-10-21(17-26)27-23(20-33(31-27)24-11-6-5-7-12-24)16-22(18-29)28(34)30-19-25-13-9-15-37-25/h5-8,10-12,14,16-17,20,25H,3-4,9,13,15,19H2,1-2H3,(H,30,34)/b22-16+/t25-/m0/s1. The molecule has 1 aliphatic heterocycles. The number of nitrogens with zero attached hydrogens (tertiary/aromatic N) is 4. The van der Waals surface area contributed by atoms with Gasteiger partial charge in [-0.25, -0.2) is 13.1 Å². The Bertz CT molecular complexity index is 1450. The average molecular weight is 534 g/mol. The van der Waals surface area contributed by atoms with Gasteiger partial charge in [-0.2, -0.15) is 14.7 Å². The number of nitrogens with one attached hydrogen (secondary N) is 1. The number of aromatic nitrogens is 2. The number of nitriles is 1. The molecule has 1 saturated heterocycles. The maximum atomic E-state index is 13.2. The molecule has 1 aromatic heterocycles. The first-order valence-electron chi connectivity index (χ1n) is 12.6. The molecule has 198 valence electrons. The summed E-state index contributed by atoms with van der Waals surface area (Å²) in [4.78, 5) is 13.0. The number of rotatable bonds is 10. The summed E-state index contributed by atoms with van der Waals surface area (Å²) in [5.41, 5.74) is 2.21. The van der Waals surface area contributed by atoms with E-state index < -0.39 is 15.9 Å². The van der Waals surface area contributed by atoms with E-state index in [4.69, 9.17) is 9.84 Å². The highest BCUT2D eigenvalue weighted by Gasteiger charge is 2.23. The van der Waals surface area contributed by atoms with E-state index in [9.17, 15) is 18.5 Å². The van der Waals surface area contributed by atoms with Crippen LogP contribution in [0.4, 0.5) is 0 Å². The van der Waals surface area contributed by atoms with Gasteiger partial charge in [-0.3, -0.25) is 4.79 Å². The number of para-hydroxylation sites is 1. The van der Waals surface area contributed by atoms with Crippen LogP contribution in [0.2, 0.25) is 0 Å². The molecule has 0 aliphatic carbocycles. The lowest BCUT2D eigenvalue weighted by Gasteiger charge is -2.18. The third kappa shape index (κ3) is 6.02. The second-order valence-electron chi connectivity index (χ2n) is 8.85. The molecule has 1 aliphatic rings. The fourth-order valence-electron chi connectivity index (χ4n) is 4.36. The Morgan fingerprint density at radius 1 is 1.21 bits per heavy atom. The first-order valence-corrected chi connectivity index (χ1v) is 14.1. The molecule has 1 amide bonds. The third-order valence-corrected chi connectivity index (χ3v) is 8.44. The molecule has 4 rings (SSSR count). The summed E-state index contributed by atoms with van der Waals surface area (Å²) in [5.74, 6) is -0.501. The maximum Gasteiger partial charge on any atom is 0.262 e. The quantitative estimate of drug-likeness (QED) is 0.313. The van der Waals surface area contributed by atoms with Gasteiger partial charge in [-0.15, -0.1) is 0 Å². The predicted molar refractivity (Wildman–Crippen MR) is 145 cm³/mol. The molecule has 0 spiro atoms. The molecule has 38 heavy (non-hydrogen) atoms. The van der Waals surface area contributed by atoms with Crippen molar-refractivity contribution in [3.8, 4) is 23.0 Å². The largest absolute Gasteiger partial charge is 0.376 e. The Hall–Kier alpha value is -3.78. The number of carbonyl (C=O) groups is 1. The summed E-state index contributed by atoms with van der Waals surface area (Å²) >= 11 is 0. The lowest BCUT2D eigenvalue weighted by molar-refractivity contribution is -0.117. The number of carbonyl (C=O) groups excluding carboxylic acids is 1. The summed E-state index contributed by atoms with van der Waals surface area (Å²) < 4.78 is 34.9. The third-order valence-electron chi connectivity index (χ3n) is 6.39. The Labute approximate surface area is 223 Å². The molecule has 3 aromatic rings. The molecule has 0 unspecified atom stereocenters. The molecule has 1 N–H and O–H groups in total. The van der Waals surface area contributed by atoms with E-state index in [0.29, 0.717) is 43.1 Å². The molecule has 1 fully saturated rings. The van der Waals surface area contributed by atoms with Crippen molar-refractivity contribution in [3.05, 3.63) is 71.9 Å². The minimum absolute atomic E-state index is 0.0502. The number of benzene rings is 2. The van der Waals surface area contributed by atoms with Crippen molar-refractivity contribution in [1.29, 1.82) is 5.26 Å². The monoisotopic (exact) mass is 533 g/mol. The first kappa shape index (κ1) is 27.3. The Balaban J connectivity index is 1.75. The highest BCUT2D eigenvalue weighted by atomic mass is 32.2. The van der Waals surface area contributed by atoms with Crippen LogP contribution < -0.4 is 5.32 Å². The molecular weight excluding hydrogens is 502 g/mol. The van der Waals surface area contributed by atoms with Crippen LogP contribution in [0.15, 0.2) is 71.3 Å². The SMILES string of the molecule is CCN(CC)S(=O)(=O)c1cccc(-c2nn(-c3ccccc3)cc2/C=C(\C#N)C(=O)NC[C@@H]2CCCO2)c1. The summed E-state index contributed by atoms with van der Waals surface area (Å²) in [6, 6.07) is 18.0. The van der Waals surface area contributed by atoms with Gasteiger partial charge in [0.1, 0.15) is 17.3 Å². The molecule has 0 saturated carbocycles. The molecular formula is C28H31N5O4S. The molecule has 1 atom stereocenters. The van der Waals surface area contributed by atoms with Crippen LogP contribution in [0.1, 0.15) is 32.3 Å². The van der Waals surface area contributed by atoms with E-state index >= 15 is 0 Å². The first-order chi connectivity index (χ1) is 18.4. The Morgan fingerprint density at radius 2 is 1.97 bits per heavy atom. The van der Waals surface area contributed by atoms with Crippen LogP contribution in [-0.4, -0.2) is 60.8 Å². The highest BCUT2D eigenvalue weighted by Crippen LogP contribution is 2.28. The summed E-state index contributed by atoms with van der Waals surface area (Å²) in [6.45, 7) is 5.30. The molecule has 0 radical (unpaired) electrons. The number of hydrogen-bond acceptors (Lipinski definition) is 6. The van der Waals surface area contributed by atoms with E-state index in [0.717, 1.165) is 18.5 Å². The molecule has 9 nitrogen and oxygen atoms in total. The van der Waals surface area contributed by atoms with Crippen LogP contribution in [0, 0.1) is 11.3 Å². The average Bonchev–Trinajstić information content (AvgIpc) is 3.62. The predicted octanol–water partition coefficient (Wildman–Crippen LogP) is 3.77. The van der Waals surface area contributed by atoms with Gasteiger partial charge in [0, 0.05) is 43.6 Å². The number of amides is 1. The van der Waals surface area contributed by atoms with Gasteiger partial charge in [0.25, 0.3) is 5.91 Å². The van der Waals surface area contributed by atoms with Crippen molar-refractivity contribution in [1.82, 2.24) is 19.4 Å². The van der Waals surface area contributed by atoms with Crippen molar-refractivity contribution in [2.75, 3.05) is 26.2 Å². The molecule has 2 heterocycles. The van der Waals surface area contributed by atoms with Crippen LogP contribution in [0.5, 0.6) is 0 Å². The van der Waals surface area contributed by atoms with E-state index in [2.05, 4.69) is 5.32 Å². The fraction of sp³-hybridized carbons (Fsp3) is 0.321. The highest BCUT2D eigenvalue weighted by molar-refractivity contribution is 7.89. The van der Waals surface area contributed by atoms with Gasteiger partial charge in [0.2, 0.25) is 10.0 Å². The van der Waals surface area contributed by atoms with E-state index in [-0.39, 0.29) is 16.6 Å². The molecule has 2 aromatic carbocycles. The van der Waals surface area contributed by atoms with Gasteiger partial charge >= 0.3 is 0 Å². The maximum absolute atomic E-state index is 13.2.